The van der Waals surface area contributed by atoms with Crippen molar-refractivity contribution in [3.63, 3.8) is 0 Å². The first-order valence-electron chi connectivity index (χ1n) is 9.84. The van der Waals surface area contributed by atoms with Crippen LogP contribution >= 0.6 is 0 Å². The van der Waals surface area contributed by atoms with E-state index in [2.05, 4.69) is 33.9 Å². The summed E-state index contributed by atoms with van der Waals surface area (Å²) in [5, 5.41) is 9.27. The molecule has 3 rings (SSSR count). The summed E-state index contributed by atoms with van der Waals surface area (Å²) in [5.74, 6) is 0.211. The van der Waals surface area contributed by atoms with E-state index in [1.54, 1.807) is 0 Å². The summed E-state index contributed by atoms with van der Waals surface area (Å²) < 4.78 is 0. The van der Waals surface area contributed by atoms with Crippen LogP contribution in [0.4, 0.5) is 0 Å². The van der Waals surface area contributed by atoms with E-state index in [-0.39, 0.29) is 23.0 Å². The van der Waals surface area contributed by atoms with Crippen molar-refractivity contribution >= 4 is 18.7 Å². The molecule has 0 spiro atoms. The molecule has 2 aromatic carbocycles. The zero-order valence-corrected chi connectivity index (χ0v) is 17.8. The van der Waals surface area contributed by atoms with Gasteiger partial charge in [-0.2, -0.15) is 0 Å². The predicted octanol–water partition coefficient (Wildman–Crippen LogP) is 4.68. The SMILES string of the molecule is CC(C)(CC1CC(N=[N+]=[N-])C(N=[N+]=[N-])C1)[Si](O)(c1ccccc1)c1ccccc1. The topological polar surface area (TPSA) is 118 Å². The lowest BCUT2D eigenvalue weighted by molar-refractivity contribution is 0.382. The van der Waals surface area contributed by atoms with Gasteiger partial charge >= 0.3 is 0 Å². The second-order valence-corrected chi connectivity index (χ2v) is 12.3. The third-order valence-electron chi connectivity index (χ3n) is 6.16. The molecule has 2 atom stereocenters. The number of hydrogen-bond donors (Lipinski definition) is 1. The largest absolute Gasteiger partial charge is 0.424 e. The van der Waals surface area contributed by atoms with Crippen molar-refractivity contribution in [3.8, 4) is 0 Å². The van der Waals surface area contributed by atoms with Gasteiger partial charge in [-0.3, -0.25) is 0 Å². The lowest BCUT2D eigenvalue weighted by Gasteiger charge is -2.42. The van der Waals surface area contributed by atoms with Gasteiger partial charge < -0.3 is 4.80 Å². The van der Waals surface area contributed by atoms with Crippen LogP contribution < -0.4 is 10.4 Å². The summed E-state index contributed by atoms with van der Waals surface area (Å²) in [6.07, 6.45) is 2.10. The smallest absolute Gasteiger partial charge is 0.258 e. The van der Waals surface area contributed by atoms with Crippen LogP contribution in [0.3, 0.4) is 0 Å². The third-order valence-corrected chi connectivity index (χ3v) is 10.7. The van der Waals surface area contributed by atoms with E-state index in [0.29, 0.717) is 12.8 Å². The van der Waals surface area contributed by atoms with Gasteiger partial charge in [-0.25, -0.2) is 0 Å². The Hall–Kier alpha value is -2.76. The average molecular weight is 407 g/mol. The molecule has 0 heterocycles. The molecule has 1 aliphatic rings. The van der Waals surface area contributed by atoms with Crippen LogP contribution in [0, 0.1) is 5.92 Å². The van der Waals surface area contributed by atoms with E-state index in [0.717, 1.165) is 16.8 Å². The Kier molecular flexibility index (Phi) is 6.30. The summed E-state index contributed by atoms with van der Waals surface area (Å²) in [5.41, 5.74) is 17.7. The van der Waals surface area contributed by atoms with Crippen LogP contribution in [0.25, 0.3) is 20.9 Å². The molecule has 8 heteroatoms. The zero-order chi connectivity index (χ0) is 20.9. The molecule has 1 N–H and O–H groups in total. The van der Waals surface area contributed by atoms with E-state index in [1.807, 2.05) is 60.7 Å². The molecule has 150 valence electrons. The molecular weight excluding hydrogens is 380 g/mol. The van der Waals surface area contributed by atoms with Gasteiger partial charge in [0, 0.05) is 21.9 Å². The lowest BCUT2D eigenvalue weighted by Crippen LogP contribution is -2.65. The summed E-state index contributed by atoms with van der Waals surface area (Å²) in [7, 11) is -3.08. The Balaban J connectivity index is 1.96. The molecule has 2 unspecified atom stereocenters. The third kappa shape index (κ3) is 4.16. The Bertz CT molecular complexity index is 857. The average Bonchev–Trinajstić information content (AvgIpc) is 3.09. The molecular formula is C21H26N6OSi. The molecule has 0 aromatic heterocycles. The minimum atomic E-state index is -3.08. The van der Waals surface area contributed by atoms with Gasteiger partial charge in [-0.05, 0) is 51.7 Å². The molecule has 1 fully saturated rings. The van der Waals surface area contributed by atoms with Gasteiger partial charge in [0.2, 0.25) is 0 Å². The number of hydrogen-bond acceptors (Lipinski definition) is 3. The first-order valence-corrected chi connectivity index (χ1v) is 11.8. The standard InChI is InChI=1S/C21H26N6OSi/c1-21(2,15-16-13-19(24-26-22)20(14-16)25-27-23)29(28,17-9-5-3-6-10-17)18-11-7-4-8-12-18/h3-12,16,19-20,28H,13-15H2,1-2H3. The van der Waals surface area contributed by atoms with Crippen molar-refractivity contribution in [1.82, 2.24) is 0 Å². The number of nitrogens with zero attached hydrogens (tertiary/aromatic N) is 6. The Morgan fingerprint density at radius 1 is 0.897 bits per heavy atom. The van der Waals surface area contributed by atoms with Crippen molar-refractivity contribution in [1.29, 1.82) is 0 Å². The highest BCUT2D eigenvalue weighted by Gasteiger charge is 2.51. The second kappa shape index (κ2) is 8.72. The molecule has 2 aromatic rings. The van der Waals surface area contributed by atoms with E-state index in [9.17, 15) is 4.80 Å². The van der Waals surface area contributed by atoms with Crippen LogP contribution in [-0.4, -0.2) is 25.2 Å². The summed E-state index contributed by atoms with van der Waals surface area (Å²) >= 11 is 0. The Labute approximate surface area is 171 Å². The van der Waals surface area contributed by atoms with Gasteiger partial charge in [0.05, 0.1) is 0 Å². The van der Waals surface area contributed by atoms with E-state index >= 15 is 0 Å². The molecule has 7 nitrogen and oxygen atoms in total. The van der Waals surface area contributed by atoms with Crippen molar-refractivity contribution in [2.45, 2.75) is 50.2 Å². The fourth-order valence-electron chi connectivity index (χ4n) is 4.82. The van der Waals surface area contributed by atoms with E-state index < -0.39 is 8.32 Å². The molecule has 29 heavy (non-hydrogen) atoms. The monoisotopic (exact) mass is 406 g/mol. The Morgan fingerprint density at radius 3 is 1.69 bits per heavy atom. The molecule has 0 radical (unpaired) electrons. The van der Waals surface area contributed by atoms with Gasteiger partial charge in [-0.15, -0.1) is 0 Å². The maximum atomic E-state index is 12.3. The van der Waals surface area contributed by atoms with Crippen LogP contribution in [-0.2, 0) is 0 Å². The molecule has 1 aliphatic carbocycles. The molecule has 0 saturated heterocycles. The highest BCUT2D eigenvalue weighted by atomic mass is 28.4. The van der Waals surface area contributed by atoms with Crippen LogP contribution in [0.5, 0.6) is 0 Å². The number of azide groups is 2. The molecule has 0 bridgehead atoms. The van der Waals surface area contributed by atoms with Crippen molar-refractivity contribution in [2.24, 2.45) is 16.1 Å². The first-order chi connectivity index (χ1) is 13.9. The fraction of sp³-hybridized carbons (Fsp3) is 0.429. The number of benzene rings is 2. The normalized spacial score (nSPS) is 21.8. The maximum absolute atomic E-state index is 12.3. The minimum absolute atomic E-state index is 0.211. The highest BCUT2D eigenvalue weighted by molar-refractivity contribution is 6.98. The van der Waals surface area contributed by atoms with Crippen LogP contribution in [0.1, 0.15) is 33.1 Å². The quantitative estimate of drug-likeness (QED) is 0.305. The lowest BCUT2D eigenvalue weighted by atomic mass is 9.94. The van der Waals surface area contributed by atoms with Gasteiger partial charge in [-0.1, -0.05) is 84.7 Å². The van der Waals surface area contributed by atoms with Gasteiger partial charge in [0.1, 0.15) is 0 Å². The van der Waals surface area contributed by atoms with Crippen molar-refractivity contribution in [2.75, 3.05) is 0 Å². The molecule has 0 amide bonds. The van der Waals surface area contributed by atoms with E-state index in [4.69, 9.17) is 11.1 Å². The van der Waals surface area contributed by atoms with Crippen molar-refractivity contribution < 1.29 is 4.80 Å². The summed E-state index contributed by atoms with van der Waals surface area (Å²) in [6, 6.07) is 19.2. The summed E-state index contributed by atoms with van der Waals surface area (Å²) in [6.45, 7) is 4.26. The number of rotatable bonds is 7. The van der Waals surface area contributed by atoms with Crippen LogP contribution in [0.15, 0.2) is 70.9 Å². The van der Waals surface area contributed by atoms with E-state index in [1.165, 1.54) is 0 Å². The van der Waals surface area contributed by atoms with Gasteiger partial charge in [0.15, 0.2) is 0 Å². The Morgan fingerprint density at radius 2 is 1.31 bits per heavy atom. The molecule has 0 aliphatic heterocycles. The second-order valence-electron chi connectivity index (χ2n) is 8.41. The molecule has 1 saturated carbocycles. The highest BCUT2D eigenvalue weighted by Crippen LogP contribution is 2.46. The van der Waals surface area contributed by atoms with Crippen molar-refractivity contribution in [3.05, 3.63) is 81.5 Å². The first kappa shape index (κ1) is 21.0. The maximum Gasteiger partial charge on any atom is 0.258 e. The predicted molar refractivity (Wildman–Crippen MR) is 117 cm³/mol. The zero-order valence-electron chi connectivity index (χ0n) is 16.8. The fourth-order valence-corrected chi connectivity index (χ4v) is 8.65. The van der Waals surface area contributed by atoms with Gasteiger partial charge in [0.25, 0.3) is 8.32 Å². The summed E-state index contributed by atoms with van der Waals surface area (Å²) in [4.78, 5) is 18.1. The minimum Gasteiger partial charge on any atom is -0.424 e. The van der Waals surface area contributed by atoms with Crippen LogP contribution in [0.2, 0.25) is 5.04 Å².